The first-order chi connectivity index (χ1) is 11.3. The predicted octanol–water partition coefficient (Wildman–Crippen LogP) is 6.09. The van der Waals surface area contributed by atoms with Crippen molar-refractivity contribution in [1.29, 1.82) is 0 Å². The highest BCUT2D eigenvalue weighted by Crippen LogP contribution is 2.43. The van der Waals surface area contributed by atoms with Crippen LogP contribution in [0.4, 0.5) is 0 Å². The molecule has 4 heteroatoms. The lowest BCUT2D eigenvalue weighted by Crippen LogP contribution is -2.23. The highest BCUT2D eigenvalue weighted by Gasteiger charge is 2.28. The molecular weight excluding hydrogens is 336 g/mol. The Morgan fingerprint density at radius 1 is 1.29 bits per heavy atom. The van der Waals surface area contributed by atoms with Gasteiger partial charge in [-0.3, -0.25) is 0 Å². The van der Waals surface area contributed by atoms with Gasteiger partial charge in [-0.1, -0.05) is 13.8 Å². The fraction of sp³-hybridized carbons (Fsp3) is 0.350. The minimum absolute atomic E-state index is 0.211. The van der Waals surface area contributed by atoms with E-state index in [0.29, 0.717) is 4.88 Å². The van der Waals surface area contributed by atoms with Gasteiger partial charge >= 0.3 is 5.97 Å². The Hall–Kier alpha value is -1.52. The summed E-state index contributed by atoms with van der Waals surface area (Å²) in [6.45, 7) is 8.91. The maximum absolute atomic E-state index is 11.0. The van der Waals surface area contributed by atoms with Crippen molar-refractivity contribution in [2.75, 3.05) is 5.75 Å². The Morgan fingerprint density at radius 3 is 2.71 bits per heavy atom. The van der Waals surface area contributed by atoms with E-state index >= 15 is 0 Å². The van der Waals surface area contributed by atoms with Crippen LogP contribution in [0, 0.1) is 6.92 Å². The number of hydrogen-bond donors (Lipinski definition) is 1. The molecule has 0 atom stereocenters. The Balaban J connectivity index is 2.02. The predicted molar refractivity (Wildman–Crippen MR) is 104 cm³/mol. The summed E-state index contributed by atoms with van der Waals surface area (Å²) in [6, 6.07) is 8.20. The Morgan fingerprint density at radius 2 is 2.04 bits per heavy atom. The number of hydrogen-bond acceptors (Lipinski definition) is 3. The monoisotopic (exact) mass is 358 g/mol. The first-order valence-corrected chi connectivity index (χ1v) is 9.88. The van der Waals surface area contributed by atoms with Crippen LogP contribution in [0.25, 0.3) is 11.6 Å². The molecule has 3 rings (SSSR count). The van der Waals surface area contributed by atoms with Crippen molar-refractivity contribution in [3.05, 3.63) is 50.7 Å². The van der Waals surface area contributed by atoms with Crippen molar-refractivity contribution >= 4 is 40.7 Å². The number of thiophene rings is 1. The van der Waals surface area contributed by atoms with Crippen LogP contribution in [-0.4, -0.2) is 16.8 Å². The third-order valence-electron chi connectivity index (χ3n) is 4.66. The molecule has 0 amide bonds. The molecule has 0 aliphatic carbocycles. The summed E-state index contributed by atoms with van der Waals surface area (Å²) in [7, 11) is 0. The molecule has 0 fully saturated rings. The highest BCUT2D eigenvalue weighted by atomic mass is 32.2. The summed E-state index contributed by atoms with van der Waals surface area (Å²) in [4.78, 5) is 13.8. The molecule has 0 bridgehead atoms. The maximum Gasteiger partial charge on any atom is 0.345 e. The van der Waals surface area contributed by atoms with Crippen LogP contribution < -0.4 is 0 Å². The van der Waals surface area contributed by atoms with Crippen molar-refractivity contribution in [2.45, 2.75) is 44.4 Å². The van der Waals surface area contributed by atoms with E-state index in [0.717, 1.165) is 4.88 Å². The molecule has 1 aromatic heterocycles. The molecule has 0 unspecified atom stereocenters. The van der Waals surface area contributed by atoms with Gasteiger partial charge in [0.25, 0.3) is 0 Å². The zero-order chi connectivity index (χ0) is 17.5. The van der Waals surface area contributed by atoms with Crippen molar-refractivity contribution in [1.82, 2.24) is 0 Å². The lowest BCUT2D eigenvalue weighted by Gasteiger charge is -2.33. The van der Waals surface area contributed by atoms with Crippen molar-refractivity contribution < 1.29 is 9.90 Å². The number of fused-ring (bicyclic) bond motifs is 1. The normalized spacial score (nSPS) is 16.8. The molecule has 1 aliphatic rings. The average molecular weight is 359 g/mol. The Kier molecular flexibility index (Phi) is 4.63. The molecule has 1 N–H and O–H groups in total. The van der Waals surface area contributed by atoms with Gasteiger partial charge < -0.3 is 5.11 Å². The van der Waals surface area contributed by atoms with Gasteiger partial charge in [0.1, 0.15) is 4.88 Å². The summed E-state index contributed by atoms with van der Waals surface area (Å²) in [6.07, 6.45) is 3.29. The van der Waals surface area contributed by atoms with E-state index < -0.39 is 5.97 Å². The lowest BCUT2D eigenvalue weighted by molar-refractivity contribution is 0.0702. The van der Waals surface area contributed by atoms with Gasteiger partial charge in [0.2, 0.25) is 0 Å². The van der Waals surface area contributed by atoms with Crippen molar-refractivity contribution in [3.63, 3.8) is 0 Å². The van der Waals surface area contributed by atoms with Crippen LogP contribution in [0.3, 0.4) is 0 Å². The lowest BCUT2D eigenvalue weighted by atomic mass is 9.80. The molecule has 0 spiro atoms. The number of thioether (sulfide) groups is 1. The molecule has 1 aromatic carbocycles. The Labute approximate surface area is 151 Å². The molecule has 0 radical (unpaired) electrons. The van der Waals surface area contributed by atoms with E-state index in [4.69, 9.17) is 5.11 Å². The Bertz CT molecular complexity index is 828. The number of carboxylic acid groups (broad SMARTS) is 1. The minimum atomic E-state index is -0.860. The third-order valence-corrected chi connectivity index (χ3v) is 6.74. The third kappa shape index (κ3) is 3.31. The first-order valence-electron chi connectivity index (χ1n) is 8.08. The zero-order valence-electron chi connectivity index (χ0n) is 14.5. The molecule has 1 aliphatic heterocycles. The van der Waals surface area contributed by atoms with Gasteiger partial charge in [-0.2, -0.15) is 0 Å². The van der Waals surface area contributed by atoms with Gasteiger partial charge in [0.05, 0.1) is 0 Å². The van der Waals surface area contributed by atoms with E-state index in [9.17, 15) is 4.79 Å². The van der Waals surface area contributed by atoms with Gasteiger partial charge in [-0.15, -0.1) is 23.1 Å². The van der Waals surface area contributed by atoms with Crippen molar-refractivity contribution in [3.8, 4) is 0 Å². The fourth-order valence-corrected chi connectivity index (χ4v) is 5.57. The number of carbonyl (C=O) groups is 1. The minimum Gasteiger partial charge on any atom is -0.477 e. The molecule has 2 aromatic rings. The van der Waals surface area contributed by atoms with E-state index in [1.807, 2.05) is 17.8 Å². The van der Waals surface area contributed by atoms with E-state index in [1.54, 1.807) is 6.07 Å². The number of allylic oxidation sites excluding steroid dienone is 1. The van der Waals surface area contributed by atoms with E-state index in [2.05, 4.69) is 45.9 Å². The van der Waals surface area contributed by atoms with Crippen molar-refractivity contribution in [2.24, 2.45) is 0 Å². The van der Waals surface area contributed by atoms with Crippen LogP contribution in [0.5, 0.6) is 0 Å². The molecule has 24 heavy (non-hydrogen) atoms. The zero-order valence-corrected chi connectivity index (χ0v) is 16.1. The second-order valence-electron chi connectivity index (χ2n) is 6.98. The van der Waals surface area contributed by atoms with Crippen LogP contribution in [0.1, 0.15) is 58.4 Å². The maximum atomic E-state index is 11.0. The largest absolute Gasteiger partial charge is 0.477 e. The fourth-order valence-electron chi connectivity index (χ4n) is 3.14. The molecule has 2 nitrogen and oxygen atoms in total. The summed E-state index contributed by atoms with van der Waals surface area (Å²) >= 11 is 3.27. The second-order valence-corrected chi connectivity index (χ2v) is 9.23. The number of aryl methyl sites for hydroxylation is 1. The second kappa shape index (κ2) is 6.41. The number of carboxylic acids is 1. The summed E-state index contributed by atoms with van der Waals surface area (Å²) < 4.78 is 0. The molecule has 0 saturated carbocycles. The van der Waals surface area contributed by atoms with E-state index in [-0.39, 0.29) is 5.41 Å². The molecule has 126 valence electrons. The van der Waals surface area contributed by atoms with Crippen LogP contribution in [-0.2, 0) is 5.41 Å². The van der Waals surface area contributed by atoms with E-state index in [1.165, 1.54) is 50.7 Å². The van der Waals surface area contributed by atoms with Gasteiger partial charge in [-0.05, 0) is 84.0 Å². The first kappa shape index (κ1) is 17.3. The SMILES string of the molecule is C/C(=C\c1ccc(C(=O)O)s1)c1cc2c(cc1C)SCCC2(C)C. The molecular formula is C20H22O2S2. The topological polar surface area (TPSA) is 37.3 Å². The summed E-state index contributed by atoms with van der Waals surface area (Å²) in [5.74, 6) is 0.321. The van der Waals surface area contributed by atoms with Gasteiger partial charge in [0.15, 0.2) is 0 Å². The number of rotatable bonds is 3. The average Bonchev–Trinajstić information content (AvgIpc) is 2.95. The summed E-state index contributed by atoms with van der Waals surface area (Å²) in [5.41, 5.74) is 5.37. The smallest absolute Gasteiger partial charge is 0.345 e. The standard InChI is InChI=1S/C20H22O2S2/c1-12(9-14-5-6-17(24-14)19(21)22)15-11-16-18(10-13(15)2)23-8-7-20(16,3)4/h5-6,9-11H,7-8H2,1-4H3,(H,21,22)/b12-9+. The van der Waals surface area contributed by atoms with Crippen LogP contribution in [0.15, 0.2) is 29.2 Å². The van der Waals surface area contributed by atoms with Crippen LogP contribution >= 0.6 is 23.1 Å². The molecule has 2 heterocycles. The van der Waals surface area contributed by atoms with Gasteiger partial charge in [0, 0.05) is 9.77 Å². The quantitative estimate of drug-likeness (QED) is 0.721. The number of aromatic carboxylic acids is 1. The summed E-state index contributed by atoms with van der Waals surface area (Å²) in [5, 5.41) is 9.07. The molecule has 0 saturated heterocycles. The number of benzene rings is 1. The van der Waals surface area contributed by atoms with Crippen LogP contribution in [0.2, 0.25) is 0 Å². The highest BCUT2D eigenvalue weighted by molar-refractivity contribution is 7.99. The van der Waals surface area contributed by atoms with Gasteiger partial charge in [-0.25, -0.2) is 4.79 Å².